The summed E-state index contributed by atoms with van der Waals surface area (Å²) in [4.78, 5) is 25.2. The highest BCUT2D eigenvalue weighted by atomic mass is 16.6. The number of aromatic amines is 1. The summed E-state index contributed by atoms with van der Waals surface area (Å²) in [5, 5.41) is 18.8. The van der Waals surface area contributed by atoms with Crippen LogP contribution < -0.4 is 11.2 Å². The van der Waals surface area contributed by atoms with Gasteiger partial charge >= 0.3 is 5.69 Å². The third kappa shape index (κ3) is 2.89. The molecule has 1 aliphatic heterocycles. The maximum atomic E-state index is 11.8. The standard InChI is InChI=1S/C13H15N3O5/c1-3-20-7(2)11-9(17)4-10(21-11)16-6-8(5-14)12(18)15-13(16)19/h3,6-7,9-11,17H,1,4H2,2H3,(H,15,18,19)/t7?,9-,10+,11+/m0/s1. The van der Waals surface area contributed by atoms with E-state index in [1.165, 1.54) is 6.26 Å². The topological polar surface area (TPSA) is 117 Å². The highest BCUT2D eigenvalue weighted by molar-refractivity contribution is 5.21. The zero-order valence-corrected chi connectivity index (χ0v) is 11.4. The average Bonchev–Trinajstić information content (AvgIpc) is 2.81. The summed E-state index contributed by atoms with van der Waals surface area (Å²) in [5.74, 6) is 0. The van der Waals surface area contributed by atoms with Crippen LogP contribution in [0.5, 0.6) is 0 Å². The van der Waals surface area contributed by atoms with E-state index < -0.39 is 35.8 Å². The first-order valence-corrected chi connectivity index (χ1v) is 6.33. The molecule has 21 heavy (non-hydrogen) atoms. The second-order valence-electron chi connectivity index (χ2n) is 4.69. The molecule has 1 saturated heterocycles. The van der Waals surface area contributed by atoms with Gasteiger partial charge in [0.05, 0.1) is 12.4 Å². The van der Waals surface area contributed by atoms with E-state index in [1.54, 1.807) is 13.0 Å². The SMILES string of the molecule is C=COC(C)[C@H]1O[C@@H](n2cc(C#N)c(=O)[nH]c2=O)C[C@@H]1O. The first-order chi connectivity index (χ1) is 9.97. The zero-order valence-electron chi connectivity index (χ0n) is 11.4. The number of rotatable bonds is 4. The first-order valence-electron chi connectivity index (χ1n) is 6.33. The number of aliphatic hydroxyl groups excluding tert-OH is 1. The van der Waals surface area contributed by atoms with Gasteiger partial charge in [-0.05, 0) is 6.92 Å². The van der Waals surface area contributed by atoms with Crippen LogP contribution in [0.15, 0.2) is 28.6 Å². The van der Waals surface area contributed by atoms with Crippen LogP contribution in [-0.4, -0.2) is 33.0 Å². The number of aliphatic hydroxyl groups is 1. The lowest BCUT2D eigenvalue weighted by molar-refractivity contribution is -0.0805. The van der Waals surface area contributed by atoms with Crippen molar-refractivity contribution in [3.8, 4) is 6.07 Å². The Morgan fingerprint density at radius 2 is 2.43 bits per heavy atom. The molecule has 4 atom stereocenters. The number of nitriles is 1. The molecule has 2 heterocycles. The number of hydrogen-bond acceptors (Lipinski definition) is 6. The van der Waals surface area contributed by atoms with Gasteiger partial charge in [0.25, 0.3) is 5.56 Å². The van der Waals surface area contributed by atoms with E-state index in [0.717, 1.165) is 10.8 Å². The molecule has 1 aromatic rings. The Morgan fingerprint density at radius 3 is 3.05 bits per heavy atom. The van der Waals surface area contributed by atoms with E-state index in [1.807, 2.05) is 4.98 Å². The molecular weight excluding hydrogens is 278 g/mol. The number of ether oxygens (including phenoxy) is 2. The van der Waals surface area contributed by atoms with Gasteiger partial charge in [0.2, 0.25) is 0 Å². The number of nitrogens with zero attached hydrogens (tertiary/aromatic N) is 2. The van der Waals surface area contributed by atoms with Crippen molar-refractivity contribution in [1.29, 1.82) is 5.26 Å². The van der Waals surface area contributed by atoms with Crippen molar-refractivity contribution >= 4 is 0 Å². The van der Waals surface area contributed by atoms with Gasteiger partial charge in [0.1, 0.15) is 30.1 Å². The maximum Gasteiger partial charge on any atom is 0.330 e. The van der Waals surface area contributed by atoms with Crippen LogP contribution in [0.2, 0.25) is 0 Å². The Balaban J connectivity index is 2.29. The largest absolute Gasteiger partial charge is 0.496 e. The maximum absolute atomic E-state index is 11.8. The van der Waals surface area contributed by atoms with Crippen molar-refractivity contribution in [2.75, 3.05) is 0 Å². The van der Waals surface area contributed by atoms with E-state index in [-0.39, 0.29) is 12.0 Å². The van der Waals surface area contributed by atoms with Crippen LogP contribution in [0.3, 0.4) is 0 Å². The Bertz CT molecular complexity index is 686. The van der Waals surface area contributed by atoms with Crippen molar-refractivity contribution in [1.82, 2.24) is 9.55 Å². The molecule has 0 aromatic carbocycles. The Morgan fingerprint density at radius 1 is 1.71 bits per heavy atom. The quantitative estimate of drug-likeness (QED) is 0.730. The molecule has 1 unspecified atom stereocenters. The van der Waals surface area contributed by atoms with E-state index in [2.05, 4.69) is 6.58 Å². The molecular formula is C13H15N3O5. The lowest BCUT2D eigenvalue weighted by Crippen LogP contribution is -2.35. The molecule has 1 aromatic heterocycles. The molecule has 0 bridgehead atoms. The number of H-pyrrole nitrogens is 1. The summed E-state index contributed by atoms with van der Waals surface area (Å²) in [5.41, 5.74) is -1.65. The Kier molecular flexibility index (Phi) is 4.26. The fourth-order valence-electron chi connectivity index (χ4n) is 2.28. The molecule has 2 rings (SSSR count). The van der Waals surface area contributed by atoms with Gasteiger partial charge in [-0.25, -0.2) is 4.79 Å². The third-order valence-corrected chi connectivity index (χ3v) is 3.31. The third-order valence-electron chi connectivity index (χ3n) is 3.31. The fraction of sp³-hybridized carbons (Fsp3) is 0.462. The van der Waals surface area contributed by atoms with Crippen molar-refractivity contribution in [2.24, 2.45) is 0 Å². The second-order valence-corrected chi connectivity index (χ2v) is 4.69. The van der Waals surface area contributed by atoms with Gasteiger partial charge < -0.3 is 14.6 Å². The van der Waals surface area contributed by atoms with Crippen LogP contribution in [0, 0.1) is 11.3 Å². The highest BCUT2D eigenvalue weighted by Crippen LogP contribution is 2.30. The number of hydrogen-bond donors (Lipinski definition) is 2. The monoisotopic (exact) mass is 293 g/mol. The second kappa shape index (κ2) is 5.95. The number of aromatic nitrogens is 2. The normalized spacial score (nSPS) is 26.0. The van der Waals surface area contributed by atoms with Gasteiger partial charge in [-0.1, -0.05) is 6.58 Å². The molecule has 0 saturated carbocycles. The lowest BCUT2D eigenvalue weighted by Gasteiger charge is -2.21. The fourth-order valence-corrected chi connectivity index (χ4v) is 2.28. The molecule has 1 fully saturated rings. The lowest BCUT2D eigenvalue weighted by atomic mass is 10.1. The molecule has 1 aliphatic rings. The predicted molar refractivity (Wildman–Crippen MR) is 71.3 cm³/mol. The molecule has 0 spiro atoms. The van der Waals surface area contributed by atoms with Gasteiger partial charge in [-0.15, -0.1) is 0 Å². The molecule has 8 heteroatoms. The van der Waals surface area contributed by atoms with Crippen LogP contribution in [0.1, 0.15) is 25.1 Å². The summed E-state index contributed by atoms with van der Waals surface area (Å²) in [6.45, 7) is 5.13. The van der Waals surface area contributed by atoms with Crippen molar-refractivity contribution < 1.29 is 14.6 Å². The molecule has 0 amide bonds. The Hall–Kier alpha value is -2.37. The summed E-state index contributed by atoms with van der Waals surface area (Å²) in [6.07, 6.45) is -0.194. The van der Waals surface area contributed by atoms with Crippen molar-refractivity contribution in [2.45, 2.75) is 37.9 Å². The smallest absolute Gasteiger partial charge is 0.330 e. The van der Waals surface area contributed by atoms with Crippen LogP contribution in [0.25, 0.3) is 0 Å². The average molecular weight is 293 g/mol. The summed E-state index contributed by atoms with van der Waals surface area (Å²) in [7, 11) is 0. The van der Waals surface area contributed by atoms with Gasteiger partial charge in [-0.2, -0.15) is 5.26 Å². The van der Waals surface area contributed by atoms with Crippen LogP contribution in [0.4, 0.5) is 0 Å². The number of nitrogens with one attached hydrogen (secondary N) is 1. The molecule has 0 aliphatic carbocycles. The van der Waals surface area contributed by atoms with Crippen molar-refractivity contribution in [3.63, 3.8) is 0 Å². The van der Waals surface area contributed by atoms with Crippen molar-refractivity contribution in [3.05, 3.63) is 45.4 Å². The summed E-state index contributed by atoms with van der Waals surface area (Å²) in [6, 6.07) is 1.69. The van der Waals surface area contributed by atoms with Crippen LogP contribution in [-0.2, 0) is 9.47 Å². The predicted octanol–water partition coefficient (Wildman–Crippen LogP) is -0.395. The van der Waals surface area contributed by atoms with E-state index in [9.17, 15) is 14.7 Å². The highest BCUT2D eigenvalue weighted by Gasteiger charge is 2.39. The minimum atomic E-state index is -0.839. The molecule has 0 radical (unpaired) electrons. The van der Waals surface area contributed by atoms with E-state index >= 15 is 0 Å². The first kappa shape index (κ1) is 15.0. The van der Waals surface area contributed by atoms with Gasteiger partial charge in [-0.3, -0.25) is 14.3 Å². The Labute approximate surface area is 119 Å². The van der Waals surface area contributed by atoms with E-state index in [4.69, 9.17) is 14.7 Å². The van der Waals surface area contributed by atoms with Crippen LogP contribution >= 0.6 is 0 Å². The minimum Gasteiger partial charge on any atom is -0.496 e. The van der Waals surface area contributed by atoms with E-state index in [0.29, 0.717) is 0 Å². The molecule has 2 N–H and O–H groups in total. The summed E-state index contributed by atoms with van der Waals surface area (Å²) >= 11 is 0. The zero-order chi connectivity index (χ0) is 15.6. The summed E-state index contributed by atoms with van der Waals surface area (Å²) < 4.78 is 11.8. The van der Waals surface area contributed by atoms with Gasteiger partial charge in [0, 0.05) is 12.6 Å². The van der Waals surface area contributed by atoms with Gasteiger partial charge in [0.15, 0.2) is 0 Å². The molecule has 112 valence electrons. The minimum absolute atomic E-state index is 0.145. The molecule has 8 nitrogen and oxygen atoms in total.